The lowest BCUT2D eigenvalue weighted by molar-refractivity contribution is -0.134. The van der Waals surface area contributed by atoms with Crippen LogP contribution in [-0.4, -0.2) is 42.8 Å². The average Bonchev–Trinajstić information content (AvgIpc) is 3.09. The molecule has 1 aliphatic heterocycles. The number of aliphatic hydroxyl groups is 1. The van der Waals surface area contributed by atoms with Crippen molar-refractivity contribution in [1.82, 2.24) is 4.90 Å². The van der Waals surface area contributed by atoms with Crippen LogP contribution in [0.3, 0.4) is 0 Å². The van der Waals surface area contributed by atoms with Crippen molar-refractivity contribution < 1.29 is 14.6 Å². The number of hydrogen-bond donors (Lipinski definition) is 1. The molecule has 1 aromatic rings. The Labute approximate surface area is 123 Å². The number of ether oxygens (including phenoxy) is 1. The number of thiophene rings is 1. The molecule has 2 heterocycles. The van der Waals surface area contributed by atoms with E-state index in [1.54, 1.807) is 16.2 Å². The Hall–Kier alpha value is -1.35. The summed E-state index contributed by atoms with van der Waals surface area (Å²) < 4.78 is 5.25. The molecule has 1 fully saturated rings. The summed E-state index contributed by atoms with van der Waals surface area (Å²) in [5.41, 5.74) is 1.10. The molecule has 0 radical (unpaired) electrons. The van der Waals surface area contributed by atoms with Gasteiger partial charge in [0.1, 0.15) is 0 Å². The van der Waals surface area contributed by atoms with E-state index >= 15 is 0 Å². The molecule has 1 atom stereocenters. The zero-order chi connectivity index (χ0) is 14.4. The first-order valence-corrected chi connectivity index (χ1v) is 7.58. The highest BCUT2D eigenvalue weighted by atomic mass is 32.1. The number of rotatable bonds is 4. The smallest absolute Gasteiger partial charge is 0.228 e. The second-order valence-electron chi connectivity index (χ2n) is 4.85. The summed E-state index contributed by atoms with van der Waals surface area (Å²) in [6, 6.07) is 2.00. The van der Waals surface area contributed by atoms with E-state index in [1.165, 1.54) is 0 Å². The van der Waals surface area contributed by atoms with Crippen LogP contribution in [0.4, 0.5) is 0 Å². The number of aliphatic hydroxyl groups excluding tert-OH is 1. The van der Waals surface area contributed by atoms with Crippen molar-refractivity contribution in [3.05, 3.63) is 21.9 Å². The van der Waals surface area contributed by atoms with Crippen LogP contribution in [0.2, 0.25) is 0 Å². The van der Waals surface area contributed by atoms with Gasteiger partial charge in [-0.3, -0.25) is 4.79 Å². The van der Waals surface area contributed by atoms with Gasteiger partial charge in [-0.25, -0.2) is 0 Å². The fraction of sp³-hybridized carbons (Fsp3) is 0.533. The van der Waals surface area contributed by atoms with E-state index in [4.69, 9.17) is 9.84 Å². The predicted molar refractivity (Wildman–Crippen MR) is 78.3 cm³/mol. The van der Waals surface area contributed by atoms with Gasteiger partial charge in [0, 0.05) is 26.6 Å². The molecule has 0 aromatic carbocycles. The summed E-state index contributed by atoms with van der Waals surface area (Å²) in [5, 5.41) is 10.7. The number of hydrogen-bond acceptors (Lipinski definition) is 4. The zero-order valence-corrected chi connectivity index (χ0v) is 12.4. The Bertz CT molecular complexity index is 509. The fourth-order valence-corrected chi connectivity index (χ4v) is 2.89. The maximum atomic E-state index is 12.2. The van der Waals surface area contributed by atoms with Gasteiger partial charge in [-0.1, -0.05) is 11.8 Å². The summed E-state index contributed by atoms with van der Waals surface area (Å²) in [5.74, 6) is 6.08. The lowest BCUT2D eigenvalue weighted by Gasteiger charge is -2.19. The molecule has 0 saturated carbocycles. The predicted octanol–water partition coefficient (Wildman–Crippen LogP) is 1.48. The van der Waals surface area contributed by atoms with Gasteiger partial charge < -0.3 is 14.7 Å². The van der Waals surface area contributed by atoms with Crippen molar-refractivity contribution in [3.63, 3.8) is 0 Å². The Morgan fingerprint density at radius 3 is 3.20 bits per heavy atom. The first-order chi connectivity index (χ1) is 9.70. The summed E-state index contributed by atoms with van der Waals surface area (Å²) in [6.07, 6.45) is 1.32. The van der Waals surface area contributed by atoms with Crippen molar-refractivity contribution in [1.29, 1.82) is 0 Å². The van der Waals surface area contributed by atoms with Crippen LogP contribution < -0.4 is 0 Å². The number of carbonyl (C=O) groups is 1. The molecule has 108 valence electrons. The van der Waals surface area contributed by atoms with Gasteiger partial charge >= 0.3 is 0 Å². The highest BCUT2D eigenvalue weighted by Gasteiger charge is 2.26. The summed E-state index contributed by atoms with van der Waals surface area (Å²) in [6.45, 7) is 1.93. The van der Waals surface area contributed by atoms with Crippen LogP contribution in [0.5, 0.6) is 0 Å². The van der Waals surface area contributed by atoms with Gasteiger partial charge in [-0.15, -0.1) is 11.3 Å². The zero-order valence-electron chi connectivity index (χ0n) is 11.6. The molecule has 5 heteroatoms. The molecule has 20 heavy (non-hydrogen) atoms. The van der Waals surface area contributed by atoms with Gasteiger partial charge in [-0.2, -0.15) is 0 Å². The summed E-state index contributed by atoms with van der Waals surface area (Å²) in [7, 11) is 1.83. The van der Waals surface area contributed by atoms with Crippen LogP contribution in [0.25, 0.3) is 0 Å². The van der Waals surface area contributed by atoms with E-state index in [1.807, 2.05) is 18.5 Å². The highest BCUT2D eigenvalue weighted by molar-refractivity contribution is 7.10. The van der Waals surface area contributed by atoms with Crippen molar-refractivity contribution in [2.24, 2.45) is 5.92 Å². The first kappa shape index (κ1) is 15.0. The van der Waals surface area contributed by atoms with Crippen molar-refractivity contribution >= 4 is 17.2 Å². The topological polar surface area (TPSA) is 49.8 Å². The van der Waals surface area contributed by atoms with Gasteiger partial charge in [0.2, 0.25) is 5.91 Å². The monoisotopic (exact) mass is 293 g/mol. The molecule has 1 amide bonds. The SMILES string of the molecule is CN(Cc1csc(C#CCCO)c1)C(=O)C1CCOC1. The Balaban J connectivity index is 1.89. The van der Waals surface area contributed by atoms with Crippen LogP contribution in [0.15, 0.2) is 11.4 Å². The third-order valence-corrected chi connectivity index (χ3v) is 4.07. The molecule has 0 bridgehead atoms. The largest absolute Gasteiger partial charge is 0.395 e. The van der Waals surface area contributed by atoms with Crippen molar-refractivity contribution in [3.8, 4) is 11.8 Å². The normalized spacial score (nSPS) is 17.6. The van der Waals surface area contributed by atoms with Gasteiger partial charge in [0.25, 0.3) is 0 Å². The van der Waals surface area contributed by atoms with E-state index in [9.17, 15) is 4.79 Å². The molecular formula is C15H19NO3S. The van der Waals surface area contributed by atoms with Crippen LogP contribution in [0, 0.1) is 17.8 Å². The minimum absolute atomic E-state index is 0.0162. The van der Waals surface area contributed by atoms with Gasteiger partial charge in [0.15, 0.2) is 0 Å². The minimum Gasteiger partial charge on any atom is -0.395 e. The third kappa shape index (κ3) is 4.07. The highest BCUT2D eigenvalue weighted by Crippen LogP contribution is 2.19. The van der Waals surface area contributed by atoms with Crippen LogP contribution in [-0.2, 0) is 16.1 Å². The van der Waals surface area contributed by atoms with E-state index in [0.717, 1.165) is 16.9 Å². The molecule has 4 nitrogen and oxygen atoms in total. The second kappa shape index (κ2) is 7.44. The van der Waals surface area contributed by atoms with Crippen molar-refractivity contribution in [2.75, 3.05) is 26.9 Å². The molecule has 0 spiro atoms. The average molecular weight is 293 g/mol. The Morgan fingerprint density at radius 2 is 2.50 bits per heavy atom. The Kier molecular flexibility index (Phi) is 5.60. The van der Waals surface area contributed by atoms with E-state index in [0.29, 0.717) is 26.2 Å². The molecule has 1 saturated heterocycles. The maximum Gasteiger partial charge on any atom is 0.228 e. The van der Waals surface area contributed by atoms with Crippen LogP contribution in [0.1, 0.15) is 23.3 Å². The molecule has 1 unspecified atom stereocenters. The van der Waals surface area contributed by atoms with Gasteiger partial charge in [0.05, 0.1) is 24.0 Å². The molecule has 1 aliphatic rings. The standard InChI is InChI=1S/C15H19NO3S/c1-16(15(18)13-5-7-19-10-13)9-12-8-14(20-11-12)4-2-3-6-17/h8,11,13,17H,3,5-7,9-10H2,1H3. The number of carbonyl (C=O) groups excluding carboxylic acids is 1. The minimum atomic E-state index is 0.0162. The molecule has 1 aromatic heterocycles. The van der Waals surface area contributed by atoms with E-state index in [2.05, 4.69) is 11.8 Å². The second-order valence-corrected chi connectivity index (χ2v) is 5.76. The molecule has 0 aliphatic carbocycles. The summed E-state index contributed by atoms with van der Waals surface area (Å²) >= 11 is 1.57. The molecule has 2 rings (SSSR count). The first-order valence-electron chi connectivity index (χ1n) is 6.70. The van der Waals surface area contributed by atoms with Crippen LogP contribution >= 0.6 is 11.3 Å². The third-order valence-electron chi connectivity index (χ3n) is 3.18. The number of nitrogens with zero attached hydrogens (tertiary/aromatic N) is 1. The van der Waals surface area contributed by atoms with E-state index in [-0.39, 0.29) is 18.4 Å². The quantitative estimate of drug-likeness (QED) is 0.856. The van der Waals surface area contributed by atoms with Gasteiger partial charge in [-0.05, 0) is 23.4 Å². The molecular weight excluding hydrogens is 274 g/mol. The lowest BCUT2D eigenvalue weighted by atomic mass is 10.1. The lowest BCUT2D eigenvalue weighted by Crippen LogP contribution is -2.32. The summed E-state index contributed by atoms with van der Waals surface area (Å²) in [4.78, 5) is 14.9. The molecule has 1 N–H and O–H groups in total. The maximum absolute atomic E-state index is 12.2. The Morgan fingerprint density at radius 1 is 1.65 bits per heavy atom. The fourth-order valence-electron chi connectivity index (χ4n) is 2.12. The number of amides is 1. The van der Waals surface area contributed by atoms with Crippen molar-refractivity contribution in [2.45, 2.75) is 19.4 Å². The van der Waals surface area contributed by atoms with E-state index < -0.39 is 0 Å².